The Kier molecular flexibility index (Phi) is 2.94. The first-order valence-electron chi connectivity index (χ1n) is 5.22. The minimum atomic E-state index is -4.56. The van der Waals surface area contributed by atoms with Crippen LogP contribution in [0.4, 0.5) is 19.0 Å². The van der Waals surface area contributed by atoms with Crippen molar-refractivity contribution in [2.75, 3.05) is 18.0 Å². The van der Waals surface area contributed by atoms with Crippen LogP contribution in [0.25, 0.3) is 0 Å². The average Bonchev–Trinajstić information content (AvgIpc) is 2.30. The van der Waals surface area contributed by atoms with E-state index in [4.69, 9.17) is 0 Å². The quantitative estimate of drug-likeness (QED) is 0.814. The van der Waals surface area contributed by atoms with Crippen molar-refractivity contribution in [1.29, 1.82) is 0 Å². The van der Waals surface area contributed by atoms with Gasteiger partial charge in [-0.15, -0.1) is 0 Å². The van der Waals surface area contributed by atoms with Gasteiger partial charge in [0.25, 0.3) is 0 Å². The van der Waals surface area contributed by atoms with E-state index in [1.807, 2.05) is 0 Å². The number of alkyl halides is 3. The van der Waals surface area contributed by atoms with Gasteiger partial charge in [0, 0.05) is 32.1 Å². The third kappa shape index (κ3) is 2.33. The van der Waals surface area contributed by atoms with Gasteiger partial charge in [-0.1, -0.05) is 0 Å². The van der Waals surface area contributed by atoms with Crippen molar-refractivity contribution in [3.05, 3.63) is 18.6 Å². The highest BCUT2D eigenvalue weighted by molar-refractivity contribution is 5.37. The number of nitrogens with zero attached hydrogens (tertiary/aromatic N) is 3. The first-order chi connectivity index (χ1) is 7.92. The fraction of sp³-hybridized carbons (Fsp3) is 0.600. The molecule has 1 aromatic rings. The van der Waals surface area contributed by atoms with Crippen LogP contribution in [0.5, 0.6) is 0 Å². The van der Waals surface area contributed by atoms with Gasteiger partial charge in [0.05, 0.1) is 0 Å². The fourth-order valence-corrected chi connectivity index (χ4v) is 1.86. The van der Waals surface area contributed by atoms with E-state index in [0.717, 1.165) is 0 Å². The molecule has 1 N–H and O–H groups in total. The lowest BCUT2D eigenvalue weighted by Crippen LogP contribution is -2.53. The van der Waals surface area contributed by atoms with Crippen molar-refractivity contribution < 1.29 is 18.3 Å². The van der Waals surface area contributed by atoms with Crippen molar-refractivity contribution in [2.45, 2.75) is 24.6 Å². The molecule has 0 aliphatic carbocycles. The van der Waals surface area contributed by atoms with Gasteiger partial charge in [0.15, 0.2) is 5.60 Å². The van der Waals surface area contributed by atoms with Gasteiger partial charge in [0.1, 0.15) is 12.1 Å². The molecular formula is C10H12F3N3O. The smallest absolute Gasteiger partial charge is 0.380 e. The second-order valence-corrected chi connectivity index (χ2v) is 4.08. The summed E-state index contributed by atoms with van der Waals surface area (Å²) < 4.78 is 37.7. The molecule has 0 saturated carbocycles. The number of hydrogen-bond donors (Lipinski definition) is 1. The second-order valence-electron chi connectivity index (χ2n) is 4.08. The monoisotopic (exact) mass is 247 g/mol. The molecule has 2 rings (SSSR count). The molecular weight excluding hydrogens is 235 g/mol. The molecule has 1 aromatic heterocycles. The van der Waals surface area contributed by atoms with Gasteiger partial charge < -0.3 is 10.0 Å². The van der Waals surface area contributed by atoms with Crippen LogP contribution in [0.1, 0.15) is 12.8 Å². The number of aromatic nitrogens is 2. The van der Waals surface area contributed by atoms with Crippen LogP contribution >= 0.6 is 0 Å². The summed E-state index contributed by atoms with van der Waals surface area (Å²) in [6.07, 6.45) is -2.35. The first kappa shape index (κ1) is 12.1. The highest BCUT2D eigenvalue weighted by Crippen LogP contribution is 2.38. The van der Waals surface area contributed by atoms with E-state index in [1.165, 1.54) is 12.5 Å². The first-order valence-corrected chi connectivity index (χ1v) is 5.22. The number of aliphatic hydroxyl groups is 1. The maximum Gasteiger partial charge on any atom is 0.417 e. The van der Waals surface area contributed by atoms with E-state index in [-0.39, 0.29) is 25.9 Å². The summed E-state index contributed by atoms with van der Waals surface area (Å²) >= 11 is 0. The van der Waals surface area contributed by atoms with Gasteiger partial charge in [-0.3, -0.25) is 0 Å². The fourth-order valence-electron chi connectivity index (χ4n) is 1.86. The number of piperidine rings is 1. The van der Waals surface area contributed by atoms with Crippen molar-refractivity contribution in [2.24, 2.45) is 0 Å². The summed E-state index contributed by atoms with van der Waals surface area (Å²) in [6, 6.07) is 1.64. The molecule has 1 aliphatic rings. The molecule has 1 aliphatic heterocycles. The molecule has 2 heterocycles. The summed E-state index contributed by atoms with van der Waals surface area (Å²) in [7, 11) is 0. The van der Waals surface area contributed by atoms with E-state index in [9.17, 15) is 18.3 Å². The largest absolute Gasteiger partial charge is 0.417 e. The minimum Gasteiger partial charge on any atom is -0.380 e. The maximum atomic E-state index is 12.6. The molecule has 7 heteroatoms. The maximum absolute atomic E-state index is 12.6. The zero-order chi connectivity index (χ0) is 12.5. The van der Waals surface area contributed by atoms with E-state index in [1.54, 1.807) is 11.0 Å². The molecule has 1 saturated heterocycles. The van der Waals surface area contributed by atoms with Crippen molar-refractivity contribution >= 4 is 5.82 Å². The van der Waals surface area contributed by atoms with Crippen LogP contribution in [0, 0.1) is 0 Å². The Bertz CT molecular complexity index is 374. The Morgan fingerprint density at radius 2 is 1.94 bits per heavy atom. The van der Waals surface area contributed by atoms with Crippen LogP contribution in [0.3, 0.4) is 0 Å². The molecule has 0 spiro atoms. The van der Waals surface area contributed by atoms with Gasteiger partial charge in [-0.2, -0.15) is 13.2 Å². The summed E-state index contributed by atoms with van der Waals surface area (Å²) in [4.78, 5) is 9.42. The normalized spacial score (nSPS) is 20.4. The lowest BCUT2D eigenvalue weighted by molar-refractivity contribution is -0.266. The number of halogens is 3. The van der Waals surface area contributed by atoms with Crippen molar-refractivity contribution in [1.82, 2.24) is 9.97 Å². The van der Waals surface area contributed by atoms with Gasteiger partial charge in [0.2, 0.25) is 0 Å². The van der Waals surface area contributed by atoms with E-state index in [2.05, 4.69) is 9.97 Å². The highest BCUT2D eigenvalue weighted by Gasteiger charge is 2.54. The topological polar surface area (TPSA) is 49.2 Å². The second kappa shape index (κ2) is 4.14. The van der Waals surface area contributed by atoms with Crippen LogP contribution < -0.4 is 4.90 Å². The predicted octanol–water partition coefficient (Wildman–Crippen LogP) is 1.37. The molecule has 0 radical (unpaired) electrons. The van der Waals surface area contributed by atoms with Gasteiger partial charge in [-0.25, -0.2) is 9.97 Å². The van der Waals surface area contributed by atoms with Crippen LogP contribution in [-0.4, -0.2) is 39.9 Å². The molecule has 0 amide bonds. The Labute approximate surface area is 96.1 Å². The van der Waals surface area contributed by atoms with Gasteiger partial charge >= 0.3 is 6.18 Å². The molecule has 94 valence electrons. The molecule has 0 unspecified atom stereocenters. The standard InChI is InChI=1S/C10H12F3N3O/c11-10(12,13)9(17)2-5-16(6-3-9)8-1-4-14-7-15-8/h1,4,7,17H,2-3,5-6H2. The molecule has 4 nitrogen and oxygen atoms in total. The zero-order valence-electron chi connectivity index (χ0n) is 8.98. The Hall–Kier alpha value is -1.37. The predicted molar refractivity (Wildman–Crippen MR) is 54.5 cm³/mol. The number of rotatable bonds is 1. The zero-order valence-corrected chi connectivity index (χ0v) is 8.98. The van der Waals surface area contributed by atoms with E-state index >= 15 is 0 Å². The SMILES string of the molecule is OC1(C(F)(F)F)CCN(c2ccncn2)CC1. The van der Waals surface area contributed by atoms with Crippen molar-refractivity contribution in [3.8, 4) is 0 Å². The highest BCUT2D eigenvalue weighted by atomic mass is 19.4. The van der Waals surface area contributed by atoms with Gasteiger partial charge in [-0.05, 0) is 6.07 Å². The lowest BCUT2D eigenvalue weighted by atomic mass is 9.91. The Morgan fingerprint density at radius 3 is 2.41 bits per heavy atom. The molecule has 0 bridgehead atoms. The summed E-state index contributed by atoms with van der Waals surface area (Å²) in [5.41, 5.74) is -2.56. The molecule has 1 fully saturated rings. The van der Waals surface area contributed by atoms with Crippen LogP contribution in [0.15, 0.2) is 18.6 Å². The number of hydrogen-bond acceptors (Lipinski definition) is 4. The van der Waals surface area contributed by atoms with Crippen molar-refractivity contribution in [3.63, 3.8) is 0 Å². The Morgan fingerprint density at radius 1 is 1.29 bits per heavy atom. The van der Waals surface area contributed by atoms with E-state index in [0.29, 0.717) is 5.82 Å². The molecule has 0 atom stereocenters. The third-order valence-electron chi connectivity index (χ3n) is 3.01. The molecule has 17 heavy (non-hydrogen) atoms. The summed E-state index contributed by atoms with van der Waals surface area (Å²) in [5, 5.41) is 9.49. The summed E-state index contributed by atoms with van der Waals surface area (Å²) in [6.45, 7) is 0.264. The van der Waals surface area contributed by atoms with Crippen LogP contribution in [-0.2, 0) is 0 Å². The summed E-state index contributed by atoms with van der Waals surface area (Å²) in [5.74, 6) is 0.587. The van der Waals surface area contributed by atoms with Crippen LogP contribution in [0.2, 0.25) is 0 Å². The average molecular weight is 247 g/mol. The Balaban J connectivity index is 2.04. The third-order valence-corrected chi connectivity index (χ3v) is 3.01. The lowest BCUT2D eigenvalue weighted by Gasteiger charge is -2.39. The minimum absolute atomic E-state index is 0.132. The van der Waals surface area contributed by atoms with E-state index < -0.39 is 11.8 Å². The number of anilines is 1. The molecule has 0 aromatic carbocycles.